The van der Waals surface area contributed by atoms with Gasteiger partial charge in [-0.15, -0.1) is 0 Å². The number of hydrogen-bond donors (Lipinski definition) is 2. The highest BCUT2D eigenvalue weighted by molar-refractivity contribution is 6.06. The average molecular weight is 321 g/mol. The summed E-state index contributed by atoms with van der Waals surface area (Å²) >= 11 is 0. The summed E-state index contributed by atoms with van der Waals surface area (Å²) in [5.74, 6) is -1.14. The zero-order valence-electron chi connectivity index (χ0n) is 12.9. The van der Waals surface area contributed by atoms with Crippen LogP contribution in [0.2, 0.25) is 0 Å². The first kappa shape index (κ1) is 15.6. The molecular formula is C19H15NO4. The standard InChI is InChI=1S/C19H15NO4/c1-12-7-8-14(16-9-10-17(24-16)19(22)23)15(11-12)20-18(21)13-5-3-2-4-6-13/h2-11H,1H3,(H,20,21)(H,22,23). The van der Waals surface area contributed by atoms with E-state index in [1.807, 2.05) is 25.1 Å². The first-order valence-electron chi connectivity index (χ1n) is 7.35. The Labute approximate surface area is 138 Å². The molecule has 1 heterocycles. The molecule has 0 atom stereocenters. The van der Waals surface area contributed by atoms with Crippen molar-refractivity contribution in [1.82, 2.24) is 0 Å². The second-order valence-corrected chi connectivity index (χ2v) is 5.34. The molecule has 2 N–H and O–H groups in total. The summed E-state index contributed by atoms with van der Waals surface area (Å²) in [6, 6.07) is 17.3. The van der Waals surface area contributed by atoms with E-state index in [4.69, 9.17) is 9.52 Å². The van der Waals surface area contributed by atoms with Crippen LogP contribution >= 0.6 is 0 Å². The van der Waals surface area contributed by atoms with Crippen LogP contribution < -0.4 is 5.32 Å². The number of amides is 1. The molecule has 24 heavy (non-hydrogen) atoms. The first-order valence-corrected chi connectivity index (χ1v) is 7.35. The number of carboxylic acid groups (broad SMARTS) is 1. The van der Waals surface area contributed by atoms with Gasteiger partial charge in [-0.05, 0) is 48.9 Å². The Morgan fingerprint density at radius 1 is 1.00 bits per heavy atom. The van der Waals surface area contributed by atoms with Crippen LogP contribution in [0.5, 0.6) is 0 Å². The van der Waals surface area contributed by atoms with Crippen molar-refractivity contribution in [3.8, 4) is 11.3 Å². The molecule has 0 saturated heterocycles. The molecule has 3 aromatic rings. The molecule has 3 rings (SSSR count). The Balaban J connectivity index is 1.96. The predicted molar refractivity (Wildman–Crippen MR) is 90.2 cm³/mol. The average Bonchev–Trinajstić information content (AvgIpc) is 3.06. The van der Waals surface area contributed by atoms with E-state index in [1.165, 1.54) is 6.07 Å². The number of aromatic carboxylic acids is 1. The molecule has 0 aliphatic carbocycles. The van der Waals surface area contributed by atoms with Gasteiger partial charge in [0.2, 0.25) is 5.76 Å². The molecule has 0 aliphatic heterocycles. The molecule has 0 bridgehead atoms. The summed E-state index contributed by atoms with van der Waals surface area (Å²) in [6.45, 7) is 1.91. The number of rotatable bonds is 4. The fourth-order valence-corrected chi connectivity index (χ4v) is 2.36. The monoisotopic (exact) mass is 321 g/mol. The Hall–Kier alpha value is -3.34. The maximum absolute atomic E-state index is 12.4. The Morgan fingerprint density at radius 3 is 2.42 bits per heavy atom. The molecule has 5 heteroatoms. The summed E-state index contributed by atoms with van der Waals surface area (Å²) in [6.07, 6.45) is 0. The van der Waals surface area contributed by atoms with Crippen molar-refractivity contribution in [2.45, 2.75) is 6.92 Å². The smallest absolute Gasteiger partial charge is 0.371 e. The van der Waals surface area contributed by atoms with Gasteiger partial charge in [0, 0.05) is 11.1 Å². The Morgan fingerprint density at radius 2 is 1.75 bits per heavy atom. The van der Waals surface area contributed by atoms with E-state index in [2.05, 4.69) is 5.32 Å². The molecule has 0 radical (unpaired) electrons. The normalized spacial score (nSPS) is 10.4. The molecule has 120 valence electrons. The number of carbonyl (C=O) groups excluding carboxylic acids is 1. The van der Waals surface area contributed by atoms with Crippen molar-refractivity contribution in [3.63, 3.8) is 0 Å². The van der Waals surface area contributed by atoms with Crippen molar-refractivity contribution in [3.05, 3.63) is 77.6 Å². The quantitative estimate of drug-likeness (QED) is 0.754. The second kappa shape index (κ2) is 6.42. The van der Waals surface area contributed by atoms with Crippen LogP contribution in [0, 0.1) is 6.92 Å². The number of nitrogens with one attached hydrogen (secondary N) is 1. The largest absolute Gasteiger partial charge is 0.475 e. The highest BCUT2D eigenvalue weighted by atomic mass is 16.4. The van der Waals surface area contributed by atoms with Crippen molar-refractivity contribution in [2.24, 2.45) is 0 Å². The molecule has 0 saturated carbocycles. The minimum atomic E-state index is -1.14. The molecule has 2 aromatic carbocycles. The topological polar surface area (TPSA) is 79.5 Å². The SMILES string of the molecule is Cc1ccc(-c2ccc(C(=O)O)o2)c(NC(=O)c2ccccc2)c1. The maximum Gasteiger partial charge on any atom is 0.371 e. The van der Waals surface area contributed by atoms with Gasteiger partial charge in [0.15, 0.2) is 0 Å². The predicted octanol–water partition coefficient (Wildman–Crippen LogP) is 4.21. The lowest BCUT2D eigenvalue weighted by atomic mass is 10.1. The van der Waals surface area contributed by atoms with Crippen LogP contribution in [0.15, 0.2) is 65.1 Å². The lowest BCUT2D eigenvalue weighted by molar-refractivity contribution is 0.0663. The van der Waals surface area contributed by atoms with E-state index < -0.39 is 5.97 Å². The lowest BCUT2D eigenvalue weighted by Crippen LogP contribution is -2.12. The number of aryl methyl sites for hydroxylation is 1. The Bertz CT molecular complexity index is 897. The number of carbonyl (C=O) groups is 2. The van der Waals surface area contributed by atoms with Crippen LogP contribution in [-0.4, -0.2) is 17.0 Å². The van der Waals surface area contributed by atoms with E-state index in [-0.39, 0.29) is 11.7 Å². The van der Waals surface area contributed by atoms with Crippen LogP contribution in [0.25, 0.3) is 11.3 Å². The molecule has 0 fully saturated rings. The third kappa shape index (κ3) is 3.20. The maximum atomic E-state index is 12.4. The minimum absolute atomic E-state index is 0.147. The van der Waals surface area contributed by atoms with Gasteiger partial charge in [-0.3, -0.25) is 4.79 Å². The van der Waals surface area contributed by atoms with Crippen molar-refractivity contribution >= 4 is 17.6 Å². The van der Waals surface area contributed by atoms with Gasteiger partial charge in [-0.25, -0.2) is 4.79 Å². The molecule has 1 amide bonds. The fraction of sp³-hybridized carbons (Fsp3) is 0.0526. The van der Waals surface area contributed by atoms with Crippen LogP contribution in [0.1, 0.15) is 26.5 Å². The lowest BCUT2D eigenvalue weighted by Gasteiger charge is -2.11. The zero-order chi connectivity index (χ0) is 17.1. The molecule has 5 nitrogen and oxygen atoms in total. The van der Waals surface area contributed by atoms with Crippen molar-refractivity contribution in [2.75, 3.05) is 5.32 Å². The van der Waals surface area contributed by atoms with E-state index in [1.54, 1.807) is 36.4 Å². The number of furan rings is 1. The van der Waals surface area contributed by atoms with Gasteiger partial charge in [-0.1, -0.05) is 24.3 Å². The summed E-state index contributed by atoms with van der Waals surface area (Å²) in [5.41, 5.74) is 2.69. The van der Waals surface area contributed by atoms with E-state index in [0.29, 0.717) is 22.6 Å². The van der Waals surface area contributed by atoms with Crippen LogP contribution in [0.4, 0.5) is 5.69 Å². The van der Waals surface area contributed by atoms with Crippen LogP contribution in [-0.2, 0) is 0 Å². The van der Waals surface area contributed by atoms with Gasteiger partial charge in [0.25, 0.3) is 5.91 Å². The third-order valence-electron chi connectivity index (χ3n) is 3.54. The number of benzene rings is 2. The van der Waals surface area contributed by atoms with Gasteiger partial charge in [0.1, 0.15) is 5.76 Å². The molecule has 0 unspecified atom stereocenters. The highest BCUT2D eigenvalue weighted by Gasteiger charge is 2.15. The van der Waals surface area contributed by atoms with E-state index >= 15 is 0 Å². The first-order chi connectivity index (χ1) is 11.5. The van der Waals surface area contributed by atoms with Crippen LogP contribution in [0.3, 0.4) is 0 Å². The molecule has 0 spiro atoms. The zero-order valence-corrected chi connectivity index (χ0v) is 12.9. The number of carboxylic acids is 1. The highest BCUT2D eigenvalue weighted by Crippen LogP contribution is 2.31. The summed E-state index contributed by atoms with van der Waals surface area (Å²) in [7, 11) is 0. The fourth-order valence-electron chi connectivity index (χ4n) is 2.36. The summed E-state index contributed by atoms with van der Waals surface area (Å²) < 4.78 is 5.35. The number of hydrogen-bond acceptors (Lipinski definition) is 3. The van der Waals surface area contributed by atoms with Crippen molar-refractivity contribution < 1.29 is 19.1 Å². The van der Waals surface area contributed by atoms with Gasteiger partial charge in [-0.2, -0.15) is 0 Å². The summed E-state index contributed by atoms with van der Waals surface area (Å²) in [4.78, 5) is 23.4. The molecule has 1 aromatic heterocycles. The molecule has 0 aliphatic rings. The third-order valence-corrected chi connectivity index (χ3v) is 3.54. The van der Waals surface area contributed by atoms with E-state index in [9.17, 15) is 9.59 Å². The van der Waals surface area contributed by atoms with Gasteiger partial charge >= 0.3 is 5.97 Å². The minimum Gasteiger partial charge on any atom is -0.475 e. The van der Waals surface area contributed by atoms with E-state index in [0.717, 1.165) is 5.56 Å². The number of anilines is 1. The van der Waals surface area contributed by atoms with Crippen molar-refractivity contribution in [1.29, 1.82) is 0 Å². The summed E-state index contributed by atoms with van der Waals surface area (Å²) in [5, 5.41) is 11.8. The van der Waals surface area contributed by atoms with Gasteiger partial charge < -0.3 is 14.8 Å². The second-order valence-electron chi connectivity index (χ2n) is 5.34. The Kier molecular flexibility index (Phi) is 4.16. The molecular weight excluding hydrogens is 306 g/mol. The van der Waals surface area contributed by atoms with Gasteiger partial charge in [0.05, 0.1) is 5.69 Å².